The van der Waals surface area contributed by atoms with Crippen molar-refractivity contribution in [2.45, 2.75) is 19.3 Å². The molecule has 0 bridgehead atoms. The van der Waals surface area contributed by atoms with Gasteiger partial charge in [-0.05, 0) is 31.4 Å². The lowest BCUT2D eigenvalue weighted by Crippen LogP contribution is -2.30. The molecule has 0 atom stereocenters. The van der Waals surface area contributed by atoms with E-state index in [1.54, 1.807) is 6.07 Å². The molecule has 1 aromatic carbocycles. The molecule has 2 heterocycles. The van der Waals surface area contributed by atoms with E-state index in [1.165, 1.54) is 6.42 Å². The first kappa shape index (κ1) is 10.3. The van der Waals surface area contributed by atoms with E-state index in [0.717, 1.165) is 25.9 Å². The minimum Gasteiger partial charge on any atom is -0.389 e. The summed E-state index contributed by atoms with van der Waals surface area (Å²) in [6, 6.07) is 7.76. The van der Waals surface area contributed by atoms with Gasteiger partial charge in [0.25, 0.3) is 0 Å². The Morgan fingerprint density at radius 2 is 1.88 bits per heavy atom. The summed E-state index contributed by atoms with van der Waals surface area (Å²) in [4.78, 5) is 18.3. The summed E-state index contributed by atoms with van der Waals surface area (Å²) in [6.07, 6.45) is 3.52. The number of fused-ring (bicyclic) bond motifs is 1. The summed E-state index contributed by atoms with van der Waals surface area (Å²) in [7, 11) is 0. The van der Waals surface area contributed by atoms with Gasteiger partial charge in [0.15, 0.2) is 0 Å². The molecule has 1 saturated heterocycles. The molecular weight excluding hydrogens is 216 g/mol. The third kappa shape index (κ3) is 1.90. The van der Waals surface area contributed by atoms with Crippen LogP contribution in [0.1, 0.15) is 19.3 Å². The SMILES string of the molecule is O=c1oc(N2CCCCC2)nc2ccccc12. The number of nitrogens with zero attached hydrogens (tertiary/aromatic N) is 2. The minimum absolute atomic E-state index is 0.295. The van der Waals surface area contributed by atoms with E-state index < -0.39 is 0 Å². The van der Waals surface area contributed by atoms with Gasteiger partial charge in [0.05, 0.1) is 10.9 Å². The number of hydrogen-bond donors (Lipinski definition) is 0. The number of rotatable bonds is 1. The molecule has 4 nitrogen and oxygen atoms in total. The van der Waals surface area contributed by atoms with Crippen LogP contribution >= 0.6 is 0 Å². The Morgan fingerprint density at radius 1 is 1.12 bits per heavy atom. The van der Waals surface area contributed by atoms with E-state index in [2.05, 4.69) is 9.88 Å². The van der Waals surface area contributed by atoms with Crippen LogP contribution in [0.4, 0.5) is 6.01 Å². The van der Waals surface area contributed by atoms with Gasteiger partial charge in [-0.1, -0.05) is 12.1 Å². The highest BCUT2D eigenvalue weighted by atomic mass is 16.4. The molecule has 0 radical (unpaired) electrons. The van der Waals surface area contributed by atoms with Gasteiger partial charge in [0.1, 0.15) is 0 Å². The Labute approximate surface area is 98.9 Å². The molecule has 2 aromatic rings. The topological polar surface area (TPSA) is 46.3 Å². The molecular formula is C13H14N2O2. The van der Waals surface area contributed by atoms with Crippen molar-refractivity contribution in [3.05, 3.63) is 34.7 Å². The quantitative estimate of drug-likeness (QED) is 0.753. The Balaban J connectivity index is 2.08. The molecule has 1 aliphatic rings. The van der Waals surface area contributed by atoms with Crippen LogP contribution < -0.4 is 10.5 Å². The highest BCUT2D eigenvalue weighted by Crippen LogP contribution is 2.18. The van der Waals surface area contributed by atoms with Gasteiger partial charge in [0, 0.05) is 13.1 Å². The van der Waals surface area contributed by atoms with E-state index >= 15 is 0 Å². The van der Waals surface area contributed by atoms with Crippen LogP contribution in [0.3, 0.4) is 0 Å². The van der Waals surface area contributed by atoms with Crippen molar-refractivity contribution in [3.63, 3.8) is 0 Å². The molecule has 0 unspecified atom stereocenters. The summed E-state index contributed by atoms with van der Waals surface area (Å²) in [5.41, 5.74) is 0.417. The largest absolute Gasteiger partial charge is 0.389 e. The van der Waals surface area contributed by atoms with Crippen LogP contribution in [0.15, 0.2) is 33.5 Å². The molecule has 17 heavy (non-hydrogen) atoms. The molecule has 88 valence electrons. The monoisotopic (exact) mass is 230 g/mol. The molecule has 0 amide bonds. The number of hydrogen-bond acceptors (Lipinski definition) is 4. The van der Waals surface area contributed by atoms with Crippen molar-refractivity contribution < 1.29 is 4.42 Å². The van der Waals surface area contributed by atoms with Crippen molar-refractivity contribution in [2.24, 2.45) is 0 Å². The predicted molar refractivity (Wildman–Crippen MR) is 66.3 cm³/mol. The Bertz CT molecular complexity index is 585. The molecule has 0 aliphatic carbocycles. The molecule has 1 aliphatic heterocycles. The van der Waals surface area contributed by atoms with E-state index in [4.69, 9.17) is 4.42 Å². The third-order valence-corrected chi connectivity index (χ3v) is 3.15. The Kier molecular flexibility index (Phi) is 2.55. The molecule has 0 saturated carbocycles. The van der Waals surface area contributed by atoms with E-state index in [1.807, 2.05) is 18.2 Å². The summed E-state index contributed by atoms with van der Waals surface area (Å²) < 4.78 is 5.29. The Hall–Kier alpha value is -1.84. The first-order chi connectivity index (χ1) is 8.34. The van der Waals surface area contributed by atoms with Crippen molar-refractivity contribution in [3.8, 4) is 0 Å². The molecule has 0 N–H and O–H groups in total. The standard InChI is InChI=1S/C13H14N2O2/c16-12-10-6-2-3-7-11(10)14-13(17-12)15-8-4-1-5-9-15/h2-3,6-7H,1,4-5,8-9H2. The highest BCUT2D eigenvalue weighted by Gasteiger charge is 2.16. The first-order valence-corrected chi connectivity index (χ1v) is 5.99. The summed E-state index contributed by atoms with van der Waals surface area (Å²) >= 11 is 0. The number of benzene rings is 1. The second-order valence-corrected chi connectivity index (χ2v) is 4.35. The summed E-state index contributed by atoms with van der Waals surface area (Å²) in [5, 5.41) is 0.549. The predicted octanol–water partition coefficient (Wildman–Crippen LogP) is 2.18. The summed E-state index contributed by atoms with van der Waals surface area (Å²) in [5.74, 6) is 0. The van der Waals surface area contributed by atoms with Gasteiger partial charge in [-0.2, -0.15) is 4.98 Å². The molecule has 1 aromatic heterocycles. The van der Waals surface area contributed by atoms with E-state index in [9.17, 15) is 4.79 Å². The van der Waals surface area contributed by atoms with E-state index in [0.29, 0.717) is 16.9 Å². The lowest BCUT2D eigenvalue weighted by Gasteiger charge is -2.25. The maximum atomic E-state index is 11.8. The maximum Gasteiger partial charge on any atom is 0.348 e. The molecule has 0 spiro atoms. The lowest BCUT2D eigenvalue weighted by molar-refractivity contribution is 0.459. The zero-order valence-electron chi connectivity index (χ0n) is 9.56. The van der Waals surface area contributed by atoms with Crippen LogP contribution in [0, 0.1) is 0 Å². The number of piperidine rings is 1. The lowest BCUT2D eigenvalue weighted by atomic mass is 10.1. The number of aromatic nitrogens is 1. The number of para-hydroxylation sites is 1. The van der Waals surface area contributed by atoms with Gasteiger partial charge in [-0.15, -0.1) is 0 Å². The fourth-order valence-corrected chi connectivity index (χ4v) is 2.23. The van der Waals surface area contributed by atoms with Gasteiger partial charge >= 0.3 is 11.6 Å². The van der Waals surface area contributed by atoms with Crippen LogP contribution in [0.2, 0.25) is 0 Å². The maximum absolute atomic E-state index is 11.8. The van der Waals surface area contributed by atoms with Gasteiger partial charge in [-0.25, -0.2) is 4.79 Å². The van der Waals surface area contributed by atoms with Crippen LogP contribution in [0.5, 0.6) is 0 Å². The van der Waals surface area contributed by atoms with Gasteiger partial charge in [-0.3, -0.25) is 0 Å². The smallest absolute Gasteiger partial charge is 0.348 e. The van der Waals surface area contributed by atoms with E-state index in [-0.39, 0.29) is 5.63 Å². The minimum atomic E-state index is -0.295. The molecule has 4 heteroatoms. The molecule has 3 rings (SSSR count). The summed E-state index contributed by atoms with van der Waals surface area (Å²) in [6.45, 7) is 1.85. The highest BCUT2D eigenvalue weighted by molar-refractivity contribution is 5.77. The average molecular weight is 230 g/mol. The normalized spacial score (nSPS) is 16.4. The average Bonchev–Trinajstić information content (AvgIpc) is 2.40. The van der Waals surface area contributed by atoms with Crippen molar-refractivity contribution >= 4 is 16.9 Å². The van der Waals surface area contributed by atoms with Crippen LogP contribution in [-0.2, 0) is 0 Å². The van der Waals surface area contributed by atoms with Gasteiger partial charge in [0.2, 0.25) is 0 Å². The Morgan fingerprint density at radius 3 is 2.71 bits per heavy atom. The van der Waals surface area contributed by atoms with Crippen LogP contribution in [-0.4, -0.2) is 18.1 Å². The second kappa shape index (κ2) is 4.20. The van der Waals surface area contributed by atoms with Gasteiger partial charge < -0.3 is 9.32 Å². The fourth-order valence-electron chi connectivity index (χ4n) is 2.23. The second-order valence-electron chi connectivity index (χ2n) is 4.35. The zero-order valence-corrected chi connectivity index (χ0v) is 9.56. The number of anilines is 1. The van der Waals surface area contributed by atoms with Crippen LogP contribution in [0.25, 0.3) is 10.9 Å². The molecule has 1 fully saturated rings. The van der Waals surface area contributed by atoms with Crippen molar-refractivity contribution in [1.82, 2.24) is 4.98 Å². The zero-order chi connectivity index (χ0) is 11.7. The van der Waals surface area contributed by atoms with Crippen molar-refractivity contribution in [1.29, 1.82) is 0 Å². The third-order valence-electron chi connectivity index (χ3n) is 3.15. The fraction of sp³-hybridized carbons (Fsp3) is 0.385. The van der Waals surface area contributed by atoms with Crippen molar-refractivity contribution in [2.75, 3.05) is 18.0 Å². The first-order valence-electron chi connectivity index (χ1n) is 5.99.